The predicted molar refractivity (Wildman–Crippen MR) is 63.4 cm³/mol. The molecule has 86 valence electrons. The van der Waals surface area contributed by atoms with Gasteiger partial charge in [-0.3, -0.25) is 4.79 Å². The minimum atomic E-state index is -0.119. The normalized spacial score (nSPS) is 14.0. The number of hydrogen-bond acceptors (Lipinski definition) is 2. The van der Waals surface area contributed by atoms with E-state index in [1.54, 1.807) is 0 Å². The average molecular weight is 210 g/mol. The van der Waals surface area contributed by atoms with Gasteiger partial charge in [-0.25, -0.2) is 0 Å². The van der Waals surface area contributed by atoms with Crippen LogP contribution >= 0.6 is 0 Å². The number of rotatable bonds is 7. The summed E-state index contributed by atoms with van der Waals surface area (Å²) in [6, 6.07) is -0.119. The molecule has 0 aromatic rings. The van der Waals surface area contributed by atoms with Gasteiger partial charge in [0, 0.05) is 12.5 Å². The van der Waals surface area contributed by atoms with E-state index in [-0.39, 0.29) is 17.9 Å². The summed E-state index contributed by atoms with van der Waals surface area (Å²) >= 11 is 0. The Morgan fingerprint density at radius 3 is 2.60 bits per heavy atom. The summed E-state index contributed by atoms with van der Waals surface area (Å²) in [6.07, 6.45) is 7.15. The van der Waals surface area contributed by atoms with E-state index in [9.17, 15) is 4.79 Å². The standard InChI is InChI=1S/C12H22N2O/c1-5-8-11(6-2)14-12(15)10(4)9-13-7-3/h2,10-11,13H,5,7-9H2,1,3-4H3,(H,14,15). The molecule has 3 heteroatoms. The van der Waals surface area contributed by atoms with Crippen LogP contribution in [0.5, 0.6) is 0 Å². The summed E-state index contributed by atoms with van der Waals surface area (Å²) in [6.45, 7) is 7.55. The molecule has 0 saturated heterocycles. The Hall–Kier alpha value is -1.01. The summed E-state index contributed by atoms with van der Waals surface area (Å²) in [7, 11) is 0. The van der Waals surface area contributed by atoms with Gasteiger partial charge in [0.15, 0.2) is 0 Å². The number of amides is 1. The van der Waals surface area contributed by atoms with Crippen LogP contribution in [0.1, 0.15) is 33.6 Å². The van der Waals surface area contributed by atoms with E-state index in [0.29, 0.717) is 6.54 Å². The smallest absolute Gasteiger partial charge is 0.225 e. The Kier molecular flexibility index (Phi) is 7.75. The van der Waals surface area contributed by atoms with Crippen LogP contribution in [0.4, 0.5) is 0 Å². The molecule has 1 amide bonds. The molecular formula is C12H22N2O. The van der Waals surface area contributed by atoms with Crippen molar-refractivity contribution in [3.63, 3.8) is 0 Å². The zero-order valence-corrected chi connectivity index (χ0v) is 9.97. The molecule has 2 N–H and O–H groups in total. The second-order valence-corrected chi connectivity index (χ2v) is 3.73. The van der Waals surface area contributed by atoms with E-state index in [4.69, 9.17) is 6.42 Å². The molecule has 0 aliphatic heterocycles. The van der Waals surface area contributed by atoms with Crippen molar-refractivity contribution in [2.45, 2.75) is 39.7 Å². The van der Waals surface area contributed by atoms with Crippen LogP contribution < -0.4 is 10.6 Å². The molecule has 2 atom stereocenters. The summed E-state index contributed by atoms with van der Waals surface area (Å²) < 4.78 is 0. The fourth-order valence-electron chi connectivity index (χ4n) is 1.25. The Morgan fingerprint density at radius 2 is 2.13 bits per heavy atom. The first-order valence-electron chi connectivity index (χ1n) is 5.62. The van der Waals surface area contributed by atoms with E-state index in [2.05, 4.69) is 23.5 Å². The predicted octanol–water partition coefficient (Wildman–Crippen LogP) is 1.15. The first-order valence-corrected chi connectivity index (χ1v) is 5.62. The molecule has 0 fully saturated rings. The van der Waals surface area contributed by atoms with Crippen LogP contribution in [-0.4, -0.2) is 25.0 Å². The zero-order valence-electron chi connectivity index (χ0n) is 9.97. The lowest BCUT2D eigenvalue weighted by atomic mass is 10.1. The molecule has 0 rings (SSSR count). The Labute approximate surface area is 93.0 Å². The third-order valence-corrected chi connectivity index (χ3v) is 2.24. The number of terminal acetylenes is 1. The molecule has 0 heterocycles. The quantitative estimate of drug-likeness (QED) is 0.619. The summed E-state index contributed by atoms with van der Waals surface area (Å²) in [5, 5.41) is 6.00. The van der Waals surface area contributed by atoms with Crippen LogP contribution in [-0.2, 0) is 4.79 Å². The van der Waals surface area contributed by atoms with E-state index >= 15 is 0 Å². The highest BCUT2D eigenvalue weighted by Crippen LogP contribution is 1.98. The van der Waals surface area contributed by atoms with E-state index in [1.165, 1.54) is 0 Å². The van der Waals surface area contributed by atoms with E-state index in [0.717, 1.165) is 19.4 Å². The number of nitrogens with one attached hydrogen (secondary N) is 2. The maximum absolute atomic E-state index is 11.6. The van der Waals surface area contributed by atoms with Gasteiger partial charge in [0.2, 0.25) is 5.91 Å². The van der Waals surface area contributed by atoms with Gasteiger partial charge < -0.3 is 10.6 Å². The Balaban J connectivity index is 3.94. The van der Waals surface area contributed by atoms with Gasteiger partial charge in [-0.1, -0.05) is 33.1 Å². The maximum atomic E-state index is 11.6. The van der Waals surface area contributed by atoms with Crippen molar-refractivity contribution in [3.05, 3.63) is 0 Å². The van der Waals surface area contributed by atoms with Gasteiger partial charge in [0.1, 0.15) is 0 Å². The molecule has 15 heavy (non-hydrogen) atoms. The van der Waals surface area contributed by atoms with Crippen LogP contribution in [0.15, 0.2) is 0 Å². The molecule has 0 aliphatic rings. The van der Waals surface area contributed by atoms with Crippen molar-refractivity contribution >= 4 is 5.91 Å². The second-order valence-electron chi connectivity index (χ2n) is 3.73. The molecule has 0 spiro atoms. The molecule has 0 aromatic carbocycles. The lowest BCUT2D eigenvalue weighted by Crippen LogP contribution is -2.40. The van der Waals surface area contributed by atoms with Gasteiger partial charge >= 0.3 is 0 Å². The van der Waals surface area contributed by atoms with Crippen molar-refractivity contribution in [1.29, 1.82) is 0 Å². The Bertz CT molecular complexity index is 220. The van der Waals surface area contributed by atoms with Crippen molar-refractivity contribution < 1.29 is 4.79 Å². The van der Waals surface area contributed by atoms with Crippen LogP contribution in [0.3, 0.4) is 0 Å². The Morgan fingerprint density at radius 1 is 1.47 bits per heavy atom. The van der Waals surface area contributed by atoms with Crippen LogP contribution in [0, 0.1) is 18.3 Å². The third kappa shape index (κ3) is 6.14. The van der Waals surface area contributed by atoms with Crippen LogP contribution in [0.25, 0.3) is 0 Å². The largest absolute Gasteiger partial charge is 0.342 e. The first kappa shape index (κ1) is 14.0. The van der Waals surface area contributed by atoms with E-state index in [1.807, 2.05) is 13.8 Å². The molecule has 0 radical (unpaired) electrons. The maximum Gasteiger partial charge on any atom is 0.225 e. The number of hydrogen-bond donors (Lipinski definition) is 2. The molecule has 0 bridgehead atoms. The van der Waals surface area contributed by atoms with Gasteiger partial charge in [0.25, 0.3) is 0 Å². The second kappa shape index (κ2) is 8.31. The van der Waals surface area contributed by atoms with Crippen molar-refractivity contribution in [1.82, 2.24) is 10.6 Å². The monoisotopic (exact) mass is 210 g/mol. The SMILES string of the molecule is C#CC(CCC)NC(=O)C(C)CNCC. The van der Waals surface area contributed by atoms with Crippen molar-refractivity contribution in [3.8, 4) is 12.3 Å². The van der Waals surface area contributed by atoms with Gasteiger partial charge in [-0.05, 0) is 13.0 Å². The highest BCUT2D eigenvalue weighted by Gasteiger charge is 2.14. The first-order chi connectivity index (χ1) is 7.15. The van der Waals surface area contributed by atoms with Gasteiger partial charge in [0.05, 0.1) is 6.04 Å². The van der Waals surface area contributed by atoms with Crippen molar-refractivity contribution in [2.24, 2.45) is 5.92 Å². The zero-order chi connectivity index (χ0) is 11.7. The summed E-state index contributed by atoms with van der Waals surface area (Å²) in [5.41, 5.74) is 0. The molecule has 0 saturated carbocycles. The summed E-state index contributed by atoms with van der Waals surface area (Å²) in [4.78, 5) is 11.6. The number of carbonyl (C=O) groups is 1. The minimum Gasteiger partial charge on any atom is -0.342 e. The highest BCUT2D eigenvalue weighted by molar-refractivity contribution is 5.79. The molecule has 3 nitrogen and oxygen atoms in total. The topological polar surface area (TPSA) is 41.1 Å². The average Bonchev–Trinajstić information content (AvgIpc) is 2.24. The highest BCUT2D eigenvalue weighted by atomic mass is 16.1. The van der Waals surface area contributed by atoms with Gasteiger partial charge in [-0.2, -0.15) is 0 Å². The summed E-state index contributed by atoms with van der Waals surface area (Å²) in [5.74, 6) is 2.60. The van der Waals surface area contributed by atoms with Crippen molar-refractivity contribution in [2.75, 3.05) is 13.1 Å². The molecule has 0 aliphatic carbocycles. The molecule has 0 aromatic heterocycles. The molecular weight excluding hydrogens is 188 g/mol. The minimum absolute atomic E-state index is 0.0299. The lowest BCUT2D eigenvalue weighted by Gasteiger charge is -2.16. The fourth-order valence-corrected chi connectivity index (χ4v) is 1.25. The molecule has 2 unspecified atom stereocenters. The fraction of sp³-hybridized carbons (Fsp3) is 0.750. The van der Waals surface area contributed by atoms with Crippen LogP contribution in [0.2, 0.25) is 0 Å². The van der Waals surface area contributed by atoms with E-state index < -0.39 is 0 Å². The van der Waals surface area contributed by atoms with Gasteiger partial charge in [-0.15, -0.1) is 6.42 Å². The number of carbonyl (C=O) groups excluding carboxylic acids is 1. The lowest BCUT2D eigenvalue weighted by molar-refractivity contribution is -0.124. The third-order valence-electron chi connectivity index (χ3n) is 2.24.